The Morgan fingerprint density at radius 3 is 2.70 bits per heavy atom. The lowest BCUT2D eigenvalue weighted by atomic mass is 9.96. The fourth-order valence-corrected chi connectivity index (χ4v) is 3.35. The van der Waals surface area contributed by atoms with Gasteiger partial charge in [-0.15, -0.1) is 0 Å². The maximum Gasteiger partial charge on any atom is 0.235 e. The lowest BCUT2D eigenvalue weighted by Crippen LogP contribution is -2.45. The Hall–Kier alpha value is -1.68. The first-order valence-electron chi connectivity index (χ1n) is 7.30. The minimum absolute atomic E-state index is 0.0744. The Morgan fingerprint density at radius 2 is 2.00 bits per heavy atom. The van der Waals surface area contributed by atoms with Crippen molar-refractivity contribution in [2.45, 2.75) is 38.1 Å². The zero-order valence-electron chi connectivity index (χ0n) is 11.8. The minimum Gasteiger partial charge on any atom is -0.317 e. The highest BCUT2D eigenvalue weighted by Gasteiger charge is 2.40. The van der Waals surface area contributed by atoms with Crippen LogP contribution in [0.4, 0.5) is 5.69 Å². The van der Waals surface area contributed by atoms with Crippen molar-refractivity contribution in [3.05, 3.63) is 29.8 Å². The summed E-state index contributed by atoms with van der Waals surface area (Å²) in [5.41, 5.74) is 2.03. The summed E-state index contributed by atoms with van der Waals surface area (Å²) in [6, 6.07) is 8.18. The van der Waals surface area contributed by atoms with Crippen molar-refractivity contribution in [1.82, 2.24) is 5.32 Å². The molecule has 1 unspecified atom stereocenters. The number of anilines is 1. The highest BCUT2D eigenvalue weighted by atomic mass is 16.2. The SMILES string of the molecule is CC(=O)CC1C(=O)N(C2CCNCC2)c2ccccc21. The third kappa shape index (κ3) is 2.24. The highest BCUT2D eigenvalue weighted by Crippen LogP contribution is 2.41. The standard InChI is InChI=1S/C16H20N2O2/c1-11(19)10-14-13-4-2-3-5-15(13)18(16(14)20)12-6-8-17-9-7-12/h2-5,12,14,17H,6-10H2,1H3. The smallest absolute Gasteiger partial charge is 0.235 e. The molecule has 1 saturated heterocycles. The van der Waals surface area contributed by atoms with Crippen LogP contribution in [0.1, 0.15) is 37.7 Å². The lowest BCUT2D eigenvalue weighted by Gasteiger charge is -2.32. The molecule has 1 aromatic carbocycles. The van der Waals surface area contributed by atoms with Crippen LogP contribution < -0.4 is 10.2 Å². The number of nitrogens with zero attached hydrogens (tertiary/aromatic N) is 1. The van der Waals surface area contributed by atoms with Crippen LogP contribution in [0.15, 0.2) is 24.3 Å². The second kappa shape index (κ2) is 5.37. The molecule has 0 aromatic heterocycles. The van der Waals surface area contributed by atoms with Crippen LogP contribution in [0.2, 0.25) is 0 Å². The zero-order valence-corrected chi connectivity index (χ0v) is 11.8. The Balaban J connectivity index is 1.95. The van der Waals surface area contributed by atoms with E-state index in [0.717, 1.165) is 37.2 Å². The second-order valence-corrected chi connectivity index (χ2v) is 5.71. The first-order chi connectivity index (χ1) is 9.68. The van der Waals surface area contributed by atoms with Gasteiger partial charge in [0.25, 0.3) is 0 Å². The first-order valence-corrected chi connectivity index (χ1v) is 7.30. The van der Waals surface area contributed by atoms with Gasteiger partial charge in [-0.2, -0.15) is 0 Å². The van der Waals surface area contributed by atoms with Gasteiger partial charge in [0, 0.05) is 18.2 Å². The number of benzene rings is 1. The van der Waals surface area contributed by atoms with E-state index >= 15 is 0 Å². The van der Waals surface area contributed by atoms with Gasteiger partial charge in [-0.3, -0.25) is 9.59 Å². The van der Waals surface area contributed by atoms with E-state index in [0.29, 0.717) is 6.42 Å². The lowest BCUT2D eigenvalue weighted by molar-refractivity contribution is -0.124. The van der Waals surface area contributed by atoms with Gasteiger partial charge in [0.1, 0.15) is 5.78 Å². The number of fused-ring (bicyclic) bond motifs is 1. The fraction of sp³-hybridized carbons (Fsp3) is 0.500. The average molecular weight is 272 g/mol. The molecular formula is C16H20N2O2. The summed E-state index contributed by atoms with van der Waals surface area (Å²) in [5.74, 6) is -0.0998. The van der Waals surface area contributed by atoms with Gasteiger partial charge in [-0.1, -0.05) is 18.2 Å². The molecule has 0 radical (unpaired) electrons. The molecule has 0 bridgehead atoms. The predicted octanol–water partition coefficient (Wildman–Crippen LogP) is 1.85. The summed E-state index contributed by atoms with van der Waals surface area (Å²) in [5, 5.41) is 3.33. The molecule has 1 amide bonds. The number of amides is 1. The number of ketones is 1. The van der Waals surface area contributed by atoms with E-state index in [4.69, 9.17) is 0 Å². The summed E-state index contributed by atoms with van der Waals surface area (Å²) in [4.78, 5) is 26.2. The van der Waals surface area contributed by atoms with Crippen molar-refractivity contribution in [3.63, 3.8) is 0 Å². The summed E-state index contributed by atoms with van der Waals surface area (Å²) < 4.78 is 0. The molecule has 4 heteroatoms. The van der Waals surface area contributed by atoms with Crippen molar-refractivity contribution in [2.75, 3.05) is 18.0 Å². The number of carbonyl (C=O) groups is 2. The Morgan fingerprint density at radius 1 is 1.30 bits per heavy atom. The van der Waals surface area contributed by atoms with Gasteiger partial charge in [0.15, 0.2) is 0 Å². The van der Waals surface area contributed by atoms with Gasteiger partial charge < -0.3 is 10.2 Å². The van der Waals surface area contributed by atoms with E-state index < -0.39 is 0 Å². The van der Waals surface area contributed by atoms with Crippen molar-refractivity contribution in [2.24, 2.45) is 0 Å². The van der Waals surface area contributed by atoms with Crippen molar-refractivity contribution in [1.29, 1.82) is 0 Å². The summed E-state index contributed by atoms with van der Waals surface area (Å²) in [7, 11) is 0. The summed E-state index contributed by atoms with van der Waals surface area (Å²) in [6.45, 7) is 3.46. The molecule has 0 aliphatic carbocycles. The van der Waals surface area contributed by atoms with Crippen LogP contribution in [0.3, 0.4) is 0 Å². The van der Waals surface area contributed by atoms with E-state index in [1.165, 1.54) is 0 Å². The monoisotopic (exact) mass is 272 g/mol. The molecule has 2 aliphatic heterocycles. The normalized spacial score (nSPS) is 22.9. The zero-order chi connectivity index (χ0) is 14.1. The number of Topliss-reactive ketones (excluding diaryl/α,β-unsaturated/α-hetero) is 1. The number of hydrogen-bond donors (Lipinski definition) is 1. The summed E-state index contributed by atoms with van der Waals surface area (Å²) in [6.07, 6.45) is 2.27. The molecule has 0 saturated carbocycles. The highest BCUT2D eigenvalue weighted by molar-refractivity contribution is 6.07. The Bertz CT molecular complexity index is 535. The van der Waals surface area contributed by atoms with E-state index in [1.807, 2.05) is 29.2 Å². The molecule has 1 aromatic rings. The number of para-hydroxylation sites is 1. The Labute approximate surface area is 119 Å². The van der Waals surface area contributed by atoms with Gasteiger partial charge in [0.2, 0.25) is 5.91 Å². The molecule has 4 nitrogen and oxygen atoms in total. The minimum atomic E-state index is -0.279. The van der Waals surface area contributed by atoms with Crippen molar-refractivity contribution in [3.8, 4) is 0 Å². The van der Waals surface area contributed by atoms with Crippen LogP contribution in [-0.2, 0) is 9.59 Å². The average Bonchev–Trinajstić information content (AvgIpc) is 2.72. The molecule has 1 atom stereocenters. The van der Waals surface area contributed by atoms with Crippen molar-refractivity contribution < 1.29 is 9.59 Å². The van der Waals surface area contributed by atoms with Gasteiger partial charge in [-0.05, 0) is 44.5 Å². The quantitative estimate of drug-likeness (QED) is 0.913. The third-order valence-electron chi connectivity index (χ3n) is 4.27. The second-order valence-electron chi connectivity index (χ2n) is 5.71. The maximum atomic E-state index is 12.8. The third-order valence-corrected chi connectivity index (χ3v) is 4.27. The van der Waals surface area contributed by atoms with Gasteiger partial charge in [0.05, 0.1) is 5.92 Å². The van der Waals surface area contributed by atoms with E-state index in [1.54, 1.807) is 6.92 Å². The molecule has 3 rings (SSSR count). The molecule has 0 spiro atoms. The molecule has 20 heavy (non-hydrogen) atoms. The first kappa shape index (κ1) is 13.3. The Kier molecular flexibility index (Phi) is 3.57. The molecule has 106 valence electrons. The maximum absolute atomic E-state index is 12.8. The van der Waals surface area contributed by atoms with E-state index in [-0.39, 0.29) is 23.7 Å². The van der Waals surface area contributed by atoms with Crippen LogP contribution in [0.5, 0.6) is 0 Å². The largest absolute Gasteiger partial charge is 0.317 e. The van der Waals surface area contributed by atoms with Gasteiger partial charge in [-0.25, -0.2) is 0 Å². The van der Waals surface area contributed by atoms with E-state index in [9.17, 15) is 9.59 Å². The molecular weight excluding hydrogens is 252 g/mol. The number of rotatable bonds is 3. The molecule has 1 fully saturated rings. The topological polar surface area (TPSA) is 49.4 Å². The predicted molar refractivity (Wildman–Crippen MR) is 77.9 cm³/mol. The van der Waals surface area contributed by atoms with Crippen LogP contribution in [0.25, 0.3) is 0 Å². The molecule has 2 aliphatic rings. The van der Waals surface area contributed by atoms with E-state index in [2.05, 4.69) is 5.32 Å². The number of carbonyl (C=O) groups excluding carboxylic acids is 2. The van der Waals surface area contributed by atoms with Crippen LogP contribution in [-0.4, -0.2) is 30.8 Å². The number of hydrogen-bond acceptors (Lipinski definition) is 3. The van der Waals surface area contributed by atoms with Crippen molar-refractivity contribution >= 4 is 17.4 Å². The van der Waals surface area contributed by atoms with Crippen LogP contribution >= 0.6 is 0 Å². The molecule has 2 heterocycles. The summed E-state index contributed by atoms with van der Waals surface area (Å²) >= 11 is 0. The number of nitrogens with one attached hydrogen (secondary N) is 1. The van der Waals surface area contributed by atoms with Gasteiger partial charge >= 0.3 is 0 Å². The fourth-order valence-electron chi connectivity index (χ4n) is 3.35. The molecule has 1 N–H and O–H groups in total. The van der Waals surface area contributed by atoms with Crippen LogP contribution in [0, 0.1) is 0 Å². The number of piperidine rings is 1.